The largest absolute Gasteiger partial charge is 0.466 e. The van der Waals surface area contributed by atoms with Crippen molar-refractivity contribution in [1.29, 1.82) is 0 Å². The summed E-state index contributed by atoms with van der Waals surface area (Å²) in [5.41, 5.74) is -3.72. The number of esters is 3. The number of carbonyl (C=O) groups excluding carboxylic acids is 3. The average molecular weight is 358 g/mol. The van der Waals surface area contributed by atoms with Crippen LogP contribution in [0.2, 0.25) is 0 Å². The minimum absolute atomic E-state index is 0.103. The van der Waals surface area contributed by atoms with Crippen molar-refractivity contribution in [2.24, 2.45) is 17.8 Å². The van der Waals surface area contributed by atoms with Gasteiger partial charge in [0.2, 0.25) is 0 Å². The Labute approximate surface area is 146 Å². The second-order valence-electron chi connectivity index (χ2n) is 7.56. The van der Waals surface area contributed by atoms with E-state index in [0.717, 1.165) is 0 Å². The summed E-state index contributed by atoms with van der Waals surface area (Å²) >= 11 is 0. The van der Waals surface area contributed by atoms with Crippen molar-refractivity contribution in [2.45, 2.75) is 58.5 Å². The van der Waals surface area contributed by atoms with Crippen molar-refractivity contribution in [3.63, 3.8) is 0 Å². The smallest absolute Gasteiger partial charge is 0.353 e. The lowest BCUT2D eigenvalue weighted by molar-refractivity contribution is -0.296. The molecule has 8 nitrogen and oxygen atoms in total. The third-order valence-electron chi connectivity index (χ3n) is 4.63. The molecule has 1 spiro atoms. The van der Waals surface area contributed by atoms with Gasteiger partial charge >= 0.3 is 17.9 Å². The Bertz CT molecular complexity index is 557. The molecule has 2 aliphatic rings. The Morgan fingerprint density at radius 2 is 1.76 bits per heavy atom. The average Bonchev–Trinajstić information content (AvgIpc) is 2.43. The van der Waals surface area contributed by atoms with Crippen molar-refractivity contribution in [1.82, 2.24) is 0 Å². The molecule has 0 aromatic heterocycles. The van der Waals surface area contributed by atoms with Crippen LogP contribution in [0.15, 0.2) is 0 Å². The molecule has 0 bridgehead atoms. The molecule has 0 radical (unpaired) electrons. The zero-order valence-electron chi connectivity index (χ0n) is 15.5. The number of cyclic esters (lactones) is 2. The van der Waals surface area contributed by atoms with Crippen molar-refractivity contribution >= 4 is 17.9 Å². The molecule has 2 rings (SSSR count). The molecular formula is C17H26O8. The Balaban J connectivity index is 2.57. The van der Waals surface area contributed by atoms with Gasteiger partial charge in [-0.25, -0.2) is 9.59 Å². The van der Waals surface area contributed by atoms with Gasteiger partial charge in [0.15, 0.2) is 0 Å². The van der Waals surface area contributed by atoms with E-state index in [0.29, 0.717) is 0 Å². The fourth-order valence-corrected chi connectivity index (χ4v) is 3.65. The summed E-state index contributed by atoms with van der Waals surface area (Å²) < 4.78 is 21.1. The zero-order chi connectivity index (χ0) is 19.2. The fraction of sp³-hybridized carbons (Fsp3) is 0.824. The fourth-order valence-electron chi connectivity index (χ4n) is 3.65. The lowest BCUT2D eigenvalue weighted by Gasteiger charge is -2.52. The van der Waals surface area contributed by atoms with E-state index in [2.05, 4.69) is 0 Å². The molecule has 8 heteroatoms. The number of hydrogen-bond donors (Lipinski definition) is 1. The predicted octanol–water partition coefficient (Wildman–Crippen LogP) is 0.794. The number of ether oxygens (including phenoxy) is 4. The summed E-state index contributed by atoms with van der Waals surface area (Å²) in [4.78, 5) is 38.1. The first-order valence-corrected chi connectivity index (χ1v) is 8.39. The van der Waals surface area contributed by atoms with Gasteiger partial charge in [-0.3, -0.25) is 4.79 Å². The first-order chi connectivity index (χ1) is 11.4. The molecule has 0 aromatic rings. The van der Waals surface area contributed by atoms with Crippen LogP contribution in [0.3, 0.4) is 0 Å². The van der Waals surface area contributed by atoms with E-state index >= 15 is 0 Å². The molecule has 0 saturated carbocycles. The molecule has 0 aliphatic carbocycles. The van der Waals surface area contributed by atoms with Gasteiger partial charge in [-0.15, -0.1) is 0 Å². The van der Waals surface area contributed by atoms with Gasteiger partial charge in [-0.2, -0.15) is 0 Å². The van der Waals surface area contributed by atoms with E-state index < -0.39 is 53.3 Å². The third-order valence-corrected chi connectivity index (χ3v) is 4.63. The Morgan fingerprint density at radius 3 is 2.20 bits per heavy atom. The molecule has 142 valence electrons. The monoisotopic (exact) mass is 358 g/mol. The van der Waals surface area contributed by atoms with E-state index in [1.165, 1.54) is 20.8 Å². The van der Waals surface area contributed by atoms with Crippen LogP contribution in [0.4, 0.5) is 0 Å². The molecule has 2 heterocycles. The molecule has 2 fully saturated rings. The molecule has 25 heavy (non-hydrogen) atoms. The predicted molar refractivity (Wildman–Crippen MR) is 84.0 cm³/mol. The van der Waals surface area contributed by atoms with Crippen LogP contribution in [0, 0.1) is 17.8 Å². The second-order valence-corrected chi connectivity index (χ2v) is 7.56. The first-order valence-electron chi connectivity index (χ1n) is 8.39. The highest BCUT2D eigenvalue weighted by atomic mass is 16.8. The van der Waals surface area contributed by atoms with Crippen LogP contribution < -0.4 is 0 Å². The zero-order valence-corrected chi connectivity index (χ0v) is 15.5. The molecule has 0 amide bonds. The number of carbonyl (C=O) groups is 3. The van der Waals surface area contributed by atoms with E-state index in [9.17, 15) is 19.5 Å². The van der Waals surface area contributed by atoms with Crippen molar-refractivity contribution < 1.29 is 38.4 Å². The van der Waals surface area contributed by atoms with E-state index in [4.69, 9.17) is 18.9 Å². The molecule has 1 N–H and O–H groups in total. The Kier molecular flexibility index (Phi) is 4.91. The SMILES string of the molecule is CCOC(=O)[C@@H]1[C@@H](C(C)C)C2(OC[C@]1(C)O)C(=O)OC(C)(C)OC2=O. The van der Waals surface area contributed by atoms with E-state index in [1.807, 2.05) is 0 Å². The number of aliphatic hydroxyl groups is 1. The Hall–Kier alpha value is -1.67. The summed E-state index contributed by atoms with van der Waals surface area (Å²) in [5.74, 6) is -6.51. The van der Waals surface area contributed by atoms with Gasteiger partial charge in [0, 0.05) is 19.8 Å². The maximum Gasteiger partial charge on any atom is 0.353 e. The van der Waals surface area contributed by atoms with Crippen LogP contribution in [0.25, 0.3) is 0 Å². The molecular weight excluding hydrogens is 332 g/mol. The normalized spacial score (nSPS) is 33.8. The highest BCUT2D eigenvalue weighted by Gasteiger charge is 2.70. The minimum Gasteiger partial charge on any atom is -0.466 e. The highest BCUT2D eigenvalue weighted by molar-refractivity contribution is 6.06. The standard InChI is InChI=1S/C17H26O8/c1-7-22-12(18)11-10(9(2)3)17(23-8-16(11,6)21)13(19)24-15(4,5)25-14(17)20/h9-11,21H,7-8H2,1-6H3/t10-,11+,16+/m1/s1. The van der Waals surface area contributed by atoms with Gasteiger partial charge in [-0.1, -0.05) is 13.8 Å². The van der Waals surface area contributed by atoms with Gasteiger partial charge in [-0.05, 0) is 19.8 Å². The van der Waals surface area contributed by atoms with Crippen molar-refractivity contribution in [3.8, 4) is 0 Å². The molecule has 2 saturated heterocycles. The lowest BCUT2D eigenvalue weighted by atomic mass is 9.63. The first kappa shape index (κ1) is 19.7. The van der Waals surface area contributed by atoms with Crippen LogP contribution in [-0.2, 0) is 33.3 Å². The highest BCUT2D eigenvalue weighted by Crippen LogP contribution is 2.48. The van der Waals surface area contributed by atoms with Crippen molar-refractivity contribution in [2.75, 3.05) is 13.2 Å². The molecule has 0 aromatic carbocycles. The van der Waals surface area contributed by atoms with Crippen LogP contribution in [0.1, 0.15) is 41.5 Å². The number of rotatable bonds is 3. The van der Waals surface area contributed by atoms with Gasteiger partial charge in [0.25, 0.3) is 11.4 Å². The second kappa shape index (κ2) is 6.25. The summed E-state index contributed by atoms with van der Waals surface area (Å²) in [6.45, 7) is 9.06. The van der Waals surface area contributed by atoms with Gasteiger partial charge in [0.05, 0.1) is 24.7 Å². The van der Waals surface area contributed by atoms with E-state index in [1.54, 1.807) is 20.8 Å². The topological polar surface area (TPSA) is 108 Å². The summed E-state index contributed by atoms with van der Waals surface area (Å²) in [7, 11) is 0. The molecule has 3 atom stereocenters. The van der Waals surface area contributed by atoms with Gasteiger partial charge in [0.1, 0.15) is 0 Å². The maximum atomic E-state index is 12.8. The maximum absolute atomic E-state index is 12.8. The van der Waals surface area contributed by atoms with Crippen LogP contribution in [0.5, 0.6) is 0 Å². The van der Waals surface area contributed by atoms with E-state index in [-0.39, 0.29) is 12.5 Å². The number of hydrogen-bond acceptors (Lipinski definition) is 8. The quantitative estimate of drug-likeness (QED) is 0.583. The van der Waals surface area contributed by atoms with Crippen LogP contribution >= 0.6 is 0 Å². The Morgan fingerprint density at radius 1 is 1.24 bits per heavy atom. The summed E-state index contributed by atoms with van der Waals surface area (Å²) in [5, 5.41) is 10.7. The van der Waals surface area contributed by atoms with Crippen LogP contribution in [-0.4, -0.2) is 53.2 Å². The molecule has 0 unspecified atom stereocenters. The van der Waals surface area contributed by atoms with Gasteiger partial charge < -0.3 is 24.1 Å². The molecule has 2 aliphatic heterocycles. The summed E-state index contributed by atoms with van der Waals surface area (Å²) in [6.07, 6.45) is 0. The summed E-state index contributed by atoms with van der Waals surface area (Å²) in [6, 6.07) is 0. The lowest BCUT2D eigenvalue weighted by Crippen LogP contribution is -2.72. The minimum atomic E-state index is -2.11. The van der Waals surface area contributed by atoms with Crippen molar-refractivity contribution in [3.05, 3.63) is 0 Å². The third kappa shape index (κ3) is 3.13.